The van der Waals surface area contributed by atoms with Crippen LogP contribution < -0.4 is 4.74 Å². The smallest absolute Gasteiger partial charge is 0.328 e. The van der Waals surface area contributed by atoms with Gasteiger partial charge < -0.3 is 9.84 Å². The second-order valence-electron chi connectivity index (χ2n) is 4.07. The summed E-state index contributed by atoms with van der Waals surface area (Å²) in [7, 11) is 0. The summed E-state index contributed by atoms with van der Waals surface area (Å²) in [6.07, 6.45) is 2.32. The molecule has 0 heterocycles. The average molecular weight is 283 g/mol. The van der Waals surface area contributed by atoms with Gasteiger partial charge in [0, 0.05) is 6.08 Å². The Labute approximate surface area is 120 Å². The zero-order chi connectivity index (χ0) is 15.2. The lowest BCUT2D eigenvalue weighted by molar-refractivity contribution is -0.131. The first-order chi connectivity index (χ1) is 10.1. The van der Waals surface area contributed by atoms with Crippen LogP contribution in [0.5, 0.6) is 11.5 Å². The predicted molar refractivity (Wildman–Crippen MR) is 74.3 cm³/mol. The summed E-state index contributed by atoms with van der Waals surface area (Å²) in [5.41, 5.74) is 0.723. The minimum absolute atomic E-state index is 0.0165. The quantitative estimate of drug-likeness (QED) is 0.870. The third kappa shape index (κ3) is 3.67. The van der Waals surface area contributed by atoms with Crippen LogP contribution in [0, 0.1) is 17.1 Å². The molecule has 0 aliphatic heterocycles. The maximum absolute atomic E-state index is 13.5. The summed E-state index contributed by atoms with van der Waals surface area (Å²) in [4.78, 5) is 10.5. The van der Waals surface area contributed by atoms with Crippen molar-refractivity contribution in [2.75, 3.05) is 0 Å². The number of carboxylic acids is 1. The summed E-state index contributed by atoms with van der Waals surface area (Å²) in [5.74, 6) is -1.39. The Hall–Kier alpha value is -3.13. The van der Waals surface area contributed by atoms with E-state index in [1.807, 2.05) is 6.07 Å². The Kier molecular flexibility index (Phi) is 4.32. The van der Waals surface area contributed by atoms with Crippen molar-refractivity contribution < 1.29 is 19.0 Å². The minimum atomic E-state index is -1.08. The van der Waals surface area contributed by atoms with Gasteiger partial charge in [0.15, 0.2) is 11.6 Å². The van der Waals surface area contributed by atoms with Crippen LogP contribution in [0.3, 0.4) is 0 Å². The van der Waals surface area contributed by atoms with Gasteiger partial charge in [-0.1, -0.05) is 18.2 Å². The number of hydrogen-bond acceptors (Lipinski definition) is 3. The van der Waals surface area contributed by atoms with Crippen LogP contribution in [0.15, 0.2) is 48.5 Å². The number of carbonyl (C=O) groups is 1. The number of aliphatic carboxylic acids is 1. The first-order valence-corrected chi connectivity index (χ1v) is 5.97. The third-order valence-electron chi connectivity index (χ3n) is 2.60. The number of rotatable bonds is 4. The first-order valence-electron chi connectivity index (χ1n) is 5.97. The lowest BCUT2D eigenvalue weighted by Crippen LogP contribution is -1.92. The zero-order valence-electron chi connectivity index (χ0n) is 10.8. The number of nitriles is 1. The number of hydrogen-bond donors (Lipinski definition) is 1. The summed E-state index contributed by atoms with van der Waals surface area (Å²) in [6.45, 7) is 0. The van der Waals surface area contributed by atoms with Gasteiger partial charge in [-0.2, -0.15) is 5.26 Å². The van der Waals surface area contributed by atoms with Crippen molar-refractivity contribution in [2.24, 2.45) is 0 Å². The van der Waals surface area contributed by atoms with E-state index in [0.29, 0.717) is 5.56 Å². The highest BCUT2D eigenvalue weighted by Crippen LogP contribution is 2.28. The van der Waals surface area contributed by atoms with Gasteiger partial charge >= 0.3 is 5.97 Å². The Balaban J connectivity index is 2.31. The fraction of sp³-hybridized carbons (Fsp3) is 0. The van der Waals surface area contributed by atoms with E-state index < -0.39 is 11.8 Å². The molecule has 0 aliphatic carbocycles. The van der Waals surface area contributed by atoms with Gasteiger partial charge in [0.05, 0.1) is 5.56 Å². The van der Waals surface area contributed by atoms with E-state index in [2.05, 4.69) is 0 Å². The van der Waals surface area contributed by atoms with Crippen LogP contribution in [0.4, 0.5) is 4.39 Å². The Morgan fingerprint density at radius 2 is 2.00 bits per heavy atom. The molecule has 2 rings (SSSR count). The van der Waals surface area contributed by atoms with Gasteiger partial charge in [0.1, 0.15) is 11.8 Å². The van der Waals surface area contributed by atoms with E-state index in [0.717, 1.165) is 6.08 Å². The molecule has 2 aromatic carbocycles. The number of carboxylic acid groups (broad SMARTS) is 1. The molecule has 0 radical (unpaired) electrons. The molecule has 0 unspecified atom stereocenters. The lowest BCUT2D eigenvalue weighted by atomic mass is 10.1. The van der Waals surface area contributed by atoms with Crippen LogP contribution in [0.2, 0.25) is 0 Å². The molecule has 1 N–H and O–H groups in total. The monoisotopic (exact) mass is 283 g/mol. The molecule has 0 fully saturated rings. The molecule has 21 heavy (non-hydrogen) atoms. The van der Waals surface area contributed by atoms with E-state index in [1.54, 1.807) is 12.1 Å². The summed E-state index contributed by atoms with van der Waals surface area (Å²) in [5, 5.41) is 17.7. The van der Waals surface area contributed by atoms with Crippen molar-refractivity contribution in [3.63, 3.8) is 0 Å². The Morgan fingerprint density at radius 1 is 1.24 bits per heavy atom. The molecule has 0 amide bonds. The number of benzene rings is 2. The molecule has 0 spiro atoms. The van der Waals surface area contributed by atoms with Crippen molar-refractivity contribution in [2.45, 2.75) is 0 Å². The topological polar surface area (TPSA) is 70.3 Å². The average Bonchev–Trinajstić information content (AvgIpc) is 2.48. The lowest BCUT2D eigenvalue weighted by Gasteiger charge is -2.08. The van der Waals surface area contributed by atoms with E-state index >= 15 is 0 Å². The first kappa shape index (κ1) is 14.3. The third-order valence-corrected chi connectivity index (χ3v) is 2.60. The molecule has 4 nitrogen and oxygen atoms in total. The highest BCUT2D eigenvalue weighted by Gasteiger charge is 2.08. The number of nitrogens with zero attached hydrogens (tertiary/aromatic N) is 1. The van der Waals surface area contributed by atoms with Gasteiger partial charge in [-0.3, -0.25) is 0 Å². The van der Waals surface area contributed by atoms with Crippen LogP contribution >= 0.6 is 0 Å². The molecule has 0 saturated carbocycles. The highest BCUT2D eigenvalue weighted by molar-refractivity contribution is 5.85. The molecule has 104 valence electrons. The van der Waals surface area contributed by atoms with Gasteiger partial charge in [0.25, 0.3) is 0 Å². The molecule has 0 saturated heterocycles. The molecule has 0 aliphatic rings. The van der Waals surface area contributed by atoms with Gasteiger partial charge in [-0.05, 0) is 35.9 Å². The van der Waals surface area contributed by atoms with Crippen molar-refractivity contribution >= 4 is 12.0 Å². The second kappa shape index (κ2) is 6.35. The van der Waals surface area contributed by atoms with Gasteiger partial charge in [-0.15, -0.1) is 0 Å². The number of halogens is 1. The van der Waals surface area contributed by atoms with Crippen LogP contribution in [0.1, 0.15) is 11.1 Å². The predicted octanol–water partition coefficient (Wildman–Crippen LogP) is 3.59. The summed E-state index contributed by atoms with van der Waals surface area (Å²) < 4.78 is 18.9. The largest absolute Gasteiger partial charge is 0.478 e. The zero-order valence-corrected chi connectivity index (χ0v) is 10.8. The summed E-state index contributed by atoms with van der Waals surface area (Å²) in [6, 6.07) is 12.3. The van der Waals surface area contributed by atoms with Gasteiger partial charge in [-0.25, -0.2) is 9.18 Å². The maximum atomic E-state index is 13.5. The fourth-order valence-corrected chi connectivity index (χ4v) is 1.64. The second-order valence-corrected chi connectivity index (χ2v) is 4.07. The van der Waals surface area contributed by atoms with E-state index in [4.69, 9.17) is 15.1 Å². The van der Waals surface area contributed by atoms with Crippen molar-refractivity contribution in [1.82, 2.24) is 0 Å². The molecule has 5 heteroatoms. The van der Waals surface area contributed by atoms with E-state index in [1.165, 1.54) is 36.4 Å². The summed E-state index contributed by atoms with van der Waals surface area (Å²) >= 11 is 0. The van der Waals surface area contributed by atoms with Crippen molar-refractivity contribution in [1.29, 1.82) is 5.26 Å². The molecule has 2 aromatic rings. The Bertz CT molecular complexity index is 747. The molecular formula is C16H10FNO3. The Morgan fingerprint density at radius 3 is 2.67 bits per heavy atom. The SMILES string of the molecule is N#Cc1cc(/C=C/C(=O)O)ccc1Oc1ccccc1F. The number of para-hydroxylation sites is 1. The minimum Gasteiger partial charge on any atom is -0.478 e. The molecular weight excluding hydrogens is 273 g/mol. The van der Waals surface area contributed by atoms with E-state index in [-0.39, 0.29) is 17.1 Å². The standard InChI is InChI=1S/C16H10FNO3/c17-13-3-1-2-4-15(13)21-14-7-5-11(6-8-16(19)20)9-12(14)10-18/h1-9H,(H,19,20)/b8-6+. The van der Waals surface area contributed by atoms with Crippen molar-refractivity contribution in [3.05, 3.63) is 65.5 Å². The fourth-order valence-electron chi connectivity index (χ4n) is 1.64. The van der Waals surface area contributed by atoms with Crippen LogP contribution in [0.25, 0.3) is 6.08 Å². The molecule has 0 aromatic heterocycles. The maximum Gasteiger partial charge on any atom is 0.328 e. The number of ether oxygens (including phenoxy) is 1. The van der Waals surface area contributed by atoms with E-state index in [9.17, 15) is 9.18 Å². The van der Waals surface area contributed by atoms with Crippen LogP contribution in [-0.4, -0.2) is 11.1 Å². The van der Waals surface area contributed by atoms with Crippen molar-refractivity contribution in [3.8, 4) is 17.6 Å². The van der Waals surface area contributed by atoms with Crippen LogP contribution in [-0.2, 0) is 4.79 Å². The molecule has 0 atom stereocenters. The molecule has 0 bridgehead atoms. The normalized spacial score (nSPS) is 10.3. The highest BCUT2D eigenvalue weighted by atomic mass is 19.1. The van der Waals surface area contributed by atoms with Gasteiger partial charge in [0.2, 0.25) is 0 Å².